The summed E-state index contributed by atoms with van der Waals surface area (Å²) in [4.78, 5) is 11.8. The second-order valence-electron chi connectivity index (χ2n) is 4.75. The van der Waals surface area contributed by atoms with Gasteiger partial charge in [0.05, 0.1) is 19.3 Å². The number of aliphatic hydroxyl groups excluding tert-OH is 1. The molecule has 1 aliphatic rings. The van der Waals surface area contributed by atoms with Crippen LogP contribution >= 0.6 is 12.4 Å². The van der Waals surface area contributed by atoms with Gasteiger partial charge in [0.15, 0.2) is 0 Å². The summed E-state index contributed by atoms with van der Waals surface area (Å²) in [5.74, 6) is -0.133. The van der Waals surface area contributed by atoms with Crippen LogP contribution in [-0.4, -0.2) is 43.4 Å². The molecule has 0 radical (unpaired) electrons. The van der Waals surface area contributed by atoms with E-state index in [1.54, 1.807) is 0 Å². The van der Waals surface area contributed by atoms with Crippen LogP contribution < -0.4 is 10.6 Å². The van der Waals surface area contributed by atoms with E-state index in [4.69, 9.17) is 4.74 Å². The van der Waals surface area contributed by atoms with Crippen molar-refractivity contribution < 1.29 is 14.6 Å². The fourth-order valence-corrected chi connectivity index (χ4v) is 1.96. The number of rotatable bonds is 4. The number of hydrogen-bond donors (Lipinski definition) is 3. The van der Waals surface area contributed by atoms with Gasteiger partial charge in [-0.05, 0) is 12.5 Å². The van der Waals surface area contributed by atoms with E-state index in [0.29, 0.717) is 19.8 Å². The van der Waals surface area contributed by atoms with Gasteiger partial charge >= 0.3 is 0 Å². The lowest BCUT2D eigenvalue weighted by atomic mass is 10.1. The molecule has 0 spiro atoms. The minimum absolute atomic E-state index is 0. The number of hydrogen-bond acceptors (Lipinski definition) is 4. The first kappa shape index (κ1) is 16.9. The van der Waals surface area contributed by atoms with Crippen molar-refractivity contribution in [3.05, 3.63) is 35.4 Å². The lowest BCUT2D eigenvalue weighted by Crippen LogP contribution is -2.51. The zero-order valence-corrected chi connectivity index (χ0v) is 12.3. The molecule has 20 heavy (non-hydrogen) atoms. The number of aryl methyl sites for hydroxylation is 1. The largest absolute Gasteiger partial charge is 0.387 e. The van der Waals surface area contributed by atoms with Gasteiger partial charge in [0.1, 0.15) is 6.04 Å². The van der Waals surface area contributed by atoms with Gasteiger partial charge in [0.25, 0.3) is 0 Å². The lowest BCUT2D eigenvalue weighted by molar-refractivity contribution is -0.126. The van der Waals surface area contributed by atoms with Crippen molar-refractivity contribution in [2.45, 2.75) is 19.1 Å². The van der Waals surface area contributed by atoms with Crippen LogP contribution in [0.2, 0.25) is 0 Å². The van der Waals surface area contributed by atoms with Crippen molar-refractivity contribution in [1.29, 1.82) is 0 Å². The van der Waals surface area contributed by atoms with Crippen LogP contribution in [0.1, 0.15) is 17.2 Å². The normalized spacial score (nSPS) is 19.8. The molecule has 0 saturated carbocycles. The molecular weight excluding hydrogens is 280 g/mol. The smallest absolute Gasteiger partial charge is 0.239 e. The Morgan fingerprint density at radius 1 is 1.50 bits per heavy atom. The fourth-order valence-electron chi connectivity index (χ4n) is 1.96. The monoisotopic (exact) mass is 300 g/mol. The molecule has 0 aromatic heterocycles. The van der Waals surface area contributed by atoms with E-state index in [2.05, 4.69) is 10.6 Å². The van der Waals surface area contributed by atoms with Crippen molar-refractivity contribution in [3.63, 3.8) is 0 Å². The number of carbonyl (C=O) groups excluding carboxylic acids is 1. The van der Waals surface area contributed by atoms with E-state index < -0.39 is 6.10 Å². The van der Waals surface area contributed by atoms with Crippen LogP contribution in [0.15, 0.2) is 24.3 Å². The predicted octanol–water partition coefficient (Wildman–Crippen LogP) is 0.555. The summed E-state index contributed by atoms with van der Waals surface area (Å²) in [5.41, 5.74) is 1.95. The Morgan fingerprint density at radius 2 is 2.20 bits per heavy atom. The number of ether oxygens (including phenoxy) is 1. The van der Waals surface area contributed by atoms with E-state index in [9.17, 15) is 9.90 Å². The quantitative estimate of drug-likeness (QED) is 0.760. The van der Waals surface area contributed by atoms with Gasteiger partial charge in [-0.15, -0.1) is 12.4 Å². The molecule has 1 aromatic carbocycles. The molecule has 1 saturated heterocycles. The van der Waals surface area contributed by atoms with Crippen molar-refractivity contribution in [2.24, 2.45) is 0 Å². The highest BCUT2D eigenvalue weighted by molar-refractivity contribution is 5.85. The minimum atomic E-state index is -0.686. The molecule has 2 unspecified atom stereocenters. The third-order valence-corrected chi connectivity index (χ3v) is 3.17. The summed E-state index contributed by atoms with van der Waals surface area (Å²) < 4.78 is 5.22. The zero-order chi connectivity index (χ0) is 13.7. The highest BCUT2D eigenvalue weighted by Gasteiger charge is 2.21. The summed E-state index contributed by atoms with van der Waals surface area (Å²) in [6.07, 6.45) is -0.686. The minimum Gasteiger partial charge on any atom is -0.387 e. The Bertz CT molecular complexity index is 419. The molecule has 2 atom stereocenters. The van der Waals surface area contributed by atoms with Crippen molar-refractivity contribution in [2.75, 3.05) is 26.3 Å². The molecule has 1 aliphatic heterocycles. The first-order valence-electron chi connectivity index (χ1n) is 6.50. The maximum Gasteiger partial charge on any atom is 0.239 e. The molecule has 1 aromatic rings. The van der Waals surface area contributed by atoms with Crippen molar-refractivity contribution in [3.8, 4) is 0 Å². The van der Waals surface area contributed by atoms with Crippen LogP contribution in [0, 0.1) is 6.92 Å². The average Bonchev–Trinajstić information content (AvgIpc) is 2.46. The summed E-state index contributed by atoms with van der Waals surface area (Å²) >= 11 is 0. The van der Waals surface area contributed by atoms with Gasteiger partial charge in [-0.3, -0.25) is 4.79 Å². The highest BCUT2D eigenvalue weighted by atomic mass is 35.5. The van der Waals surface area contributed by atoms with Crippen molar-refractivity contribution in [1.82, 2.24) is 10.6 Å². The summed E-state index contributed by atoms with van der Waals surface area (Å²) in [5, 5.41) is 15.8. The molecule has 5 nitrogen and oxygen atoms in total. The number of nitrogens with one attached hydrogen (secondary N) is 2. The topological polar surface area (TPSA) is 70.6 Å². The molecule has 0 bridgehead atoms. The Morgan fingerprint density at radius 3 is 2.80 bits per heavy atom. The Balaban J connectivity index is 0.00000200. The van der Waals surface area contributed by atoms with Gasteiger partial charge in [-0.1, -0.05) is 29.8 Å². The van der Waals surface area contributed by atoms with Gasteiger partial charge in [0, 0.05) is 13.1 Å². The van der Waals surface area contributed by atoms with Gasteiger partial charge in [-0.2, -0.15) is 0 Å². The molecule has 1 amide bonds. The number of amides is 1. The molecule has 3 N–H and O–H groups in total. The SMILES string of the molecule is Cc1ccc(C(O)CNC(=O)C2COCCN2)cc1.Cl. The average molecular weight is 301 g/mol. The first-order chi connectivity index (χ1) is 9.16. The highest BCUT2D eigenvalue weighted by Crippen LogP contribution is 2.12. The van der Waals surface area contributed by atoms with Crippen LogP contribution in [0.3, 0.4) is 0 Å². The van der Waals surface area contributed by atoms with E-state index in [0.717, 1.165) is 11.1 Å². The van der Waals surface area contributed by atoms with Crippen LogP contribution in [0.4, 0.5) is 0 Å². The standard InChI is InChI=1S/C14H20N2O3.ClH/c1-10-2-4-11(5-3-10)13(17)8-16-14(18)12-9-19-7-6-15-12;/h2-5,12-13,15,17H,6-9H2,1H3,(H,16,18);1H. The summed E-state index contributed by atoms with van der Waals surface area (Å²) in [6, 6.07) is 7.30. The Labute approximate surface area is 125 Å². The Hall–Kier alpha value is -1.14. The molecule has 0 aliphatic carbocycles. The number of carbonyl (C=O) groups is 1. The number of halogens is 1. The Kier molecular flexibility index (Phi) is 6.95. The van der Waals surface area contributed by atoms with Gasteiger partial charge in [-0.25, -0.2) is 0 Å². The number of aliphatic hydroxyl groups is 1. The molecule has 6 heteroatoms. The van der Waals surface area contributed by atoms with Crippen LogP contribution in [-0.2, 0) is 9.53 Å². The maximum absolute atomic E-state index is 11.8. The van der Waals surface area contributed by atoms with Crippen molar-refractivity contribution >= 4 is 18.3 Å². The summed E-state index contributed by atoms with van der Waals surface area (Å²) in [6.45, 7) is 3.90. The second kappa shape index (κ2) is 8.21. The summed E-state index contributed by atoms with van der Waals surface area (Å²) in [7, 11) is 0. The van der Waals surface area contributed by atoms with Gasteiger partial charge in [0.2, 0.25) is 5.91 Å². The predicted molar refractivity (Wildman–Crippen MR) is 79.0 cm³/mol. The van der Waals surface area contributed by atoms with Crippen LogP contribution in [0.25, 0.3) is 0 Å². The lowest BCUT2D eigenvalue weighted by Gasteiger charge is -2.23. The second-order valence-corrected chi connectivity index (χ2v) is 4.75. The fraction of sp³-hybridized carbons (Fsp3) is 0.500. The molecule has 1 fully saturated rings. The third-order valence-electron chi connectivity index (χ3n) is 3.17. The van der Waals surface area contributed by atoms with Gasteiger partial charge < -0.3 is 20.5 Å². The molecular formula is C14H21ClN2O3. The van der Waals surface area contributed by atoms with E-state index in [1.807, 2.05) is 31.2 Å². The zero-order valence-electron chi connectivity index (χ0n) is 11.5. The number of morpholine rings is 1. The molecule has 112 valence electrons. The van der Waals surface area contributed by atoms with E-state index in [-0.39, 0.29) is 30.9 Å². The molecule has 2 rings (SSSR count). The third kappa shape index (κ3) is 4.76. The first-order valence-corrected chi connectivity index (χ1v) is 6.50. The van der Waals surface area contributed by atoms with E-state index >= 15 is 0 Å². The van der Waals surface area contributed by atoms with Crippen LogP contribution in [0.5, 0.6) is 0 Å². The maximum atomic E-state index is 11.8. The molecule has 1 heterocycles. The number of benzene rings is 1. The van der Waals surface area contributed by atoms with E-state index in [1.165, 1.54) is 0 Å².